The van der Waals surface area contributed by atoms with E-state index in [1.54, 1.807) is 12.1 Å². The van der Waals surface area contributed by atoms with Gasteiger partial charge < -0.3 is 9.72 Å². The van der Waals surface area contributed by atoms with Gasteiger partial charge in [-0.05, 0) is 42.8 Å². The van der Waals surface area contributed by atoms with Gasteiger partial charge in [0.2, 0.25) is 0 Å². The number of rotatable bonds is 3. The Bertz CT molecular complexity index is 1170. The van der Waals surface area contributed by atoms with Crippen LogP contribution in [0.3, 0.4) is 0 Å². The molecule has 0 spiro atoms. The predicted octanol–water partition coefficient (Wildman–Crippen LogP) is 4.84. The zero-order valence-corrected chi connectivity index (χ0v) is 14.4. The van der Waals surface area contributed by atoms with Crippen LogP contribution in [0.2, 0.25) is 0 Å². The number of aryl methyl sites for hydroxylation is 1. The number of hydrogen-bond donors (Lipinski definition) is 1. The average Bonchev–Trinajstić information content (AvgIpc) is 3.10. The second kappa shape index (κ2) is 6.64. The molecule has 4 rings (SSSR count). The number of aromatic nitrogens is 2. The van der Waals surface area contributed by atoms with Crippen molar-refractivity contribution < 1.29 is 13.6 Å². The standard InChI is InChI=1S/C21H15F2N3O/c1-13-5-4-10-26-12-19(24-20(13)26)15-6-2-3-7-18(15)25-21(27)14-8-9-16(22)17(23)11-14/h2-12H,1H3,(H,25,27). The van der Waals surface area contributed by atoms with Crippen molar-refractivity contribution in [3.05, 3.63) is 89.8 Å². The Morgan fingerprint density at radius 1 is 1.04 bits per heavy atom. The van der Waals surface area contributed by atoms with E-state index in [9.17, 15) is 13.6 Å². The van der Waals surface area contributed by atoms with Gasteiger partial charge in [-0.15, -0.1) is 0 Å². The maximum atomic E-state index is 13.4. The minimum absolute atomic E-state index is 0.0366. The lowest BCUT2D eigenvalue weighted by Gasteiger charge is -2.09. The molecule has 0 bridgehead atoms. The summed E-state index contributed by atoms with van der Waals surface area (Å²) in [7, 11) is 0. The molecule has 0 unspecified atom stereocenters. The predicted molar refractivity (Wildman–Crippen MR) is 99.7 cm³/mol. The van der Waals surface area contributed by atoms with Crippen molar-refractivity contribution in [3.63, 3.8) is 0 Å². The van der Waals surface area contributed by atoms with Crippen LogP contribution in [0.15, 0.2) is 67.0 Å². The van der Waals surface area contributed by atoms with Crippen LogP contribution in [0.1, 0.15) is 15.9 Å². The van der Waals surface area contributed by atoms with Gasteiger partial charge in [-0.3, -0.25) is 4.79 Å². The van der Waals surface area contributed by atoms with Crippen molar-refractivity contribution in [2.75, 3.05) is 5.32 Å². The van der Waals surface area contributed by atoms with Gasteiger partial charge in [0.25, 0.3) is 5.91 Å². The van der Waals surface area contributed by atoms with E-state index in [1.807, 2.05) is 48.0 Å². The summed E-state index contributed by atoms with van der Waals surface area (Å²) in [5.74, 6) is -2.58. The highest BCUT2D eigenvalue weighted by molar-refractivity contribution is 6.06. The number of nitrogens with zero attached hydrogens (tertiary/aromatic N) is 2. The third kappa shape index (κ3) is 3.17. The quantitative estimate of drug-likeness (QED) is 0.566. The van der Waals surface area contributed by atoms with Gasteiger partial charge in [-0.2, -0.15) is 0 Å². The number of carbonyl (C=O) groups is 1. The fourth-order valence-electron chi connectivity index (χ4n) is 2.93. The molecule has 0 fully saturated rings. The molecule has 0 radical (unpaired) electrons. The molecule has 0 atom stereocenters. The first-order valence-corrected chi connectivity index (χ1v) is 8.33. The monoisotopic (exact) mass is 363 g/mol. The van der Waals surface area contributed by atoms with Crippen LogP contribution >= 0.6 is 0 Å². The summed E-state index contributed by atoms with van der Waals surface area (Å²) >= 11 is 0. The van der Waals surface area contributed by atoms with E-state index in [2.05, 4.69) is 10.3 Å². The van der Waals surface area contributed by atoms with Crippen LogP contribution in [0.4, 0.5) is 14.5 Å². The summed E-state index contributed by atoms with van der Waals surface area (Å²) in [6.07, 6.45) is 3.78. The largest absolute Gasteiger partial charge is 0.321 e. The van der Waals surface area contributed by atoms with Gasteiger partial charge in [0.15, 0.2) is 11.6 Å². The van der Waals surface area contributed by atoms with Gasteiger partial charge in [0.05, 0.1) is 11.4 Å². The average molecular weight is 363 g/mol. The Hall–Kier alpha value is -3.54. The van der Waals surface area contributed by atoms with Gasteiger partial charge >= 0.3 is 0 Å². The van der Waals surface area contributed by atoms with Crippen LogP contribution in [-0.2, 0) is 0 Å². The molecule has 0 saturated heterocycles. The lowest BCUT2D eigenvalue weighted by atomic mass is 10.1. The number of para-hydroxylation sites is 1. The van der Waals surface area contributed by atoms with Crippen molar-refractivity contribution in [2.45, 2.75) is 6.92 Å². The minimum atomic E-state index is -1.06. The Morgan fingerprint density at radius 3 is 2.63 bits per heavy atom. The Balaban J connectivity index is 1.71. The maximum Gasteiger partial charge on any atom is 0.255 e. The summed E-state index contributed by atoms with van der Waals surface area (Å²) in [4.78, 5) is 17.1. The number of amides is 1. The molecule has 4 aromatic rings. The summed E-state index contributed by atoms with van der Waals surface area (Å²) in [6, 6.07) is 14.2. The number of pyridine rings is 1. The van der Waals surface area contributed by atoms with Crippen LogP contribution in [0, 0.1) is 18.6 Å². The zero-order valence-electron chi connectivity index (χ0n) is 14.4. The van der Waals surface area contributed by atoms with E-state index in [1.165, 1.54) is 6.07 Å². The third-order valence-electron chi connectivity index (χ3n) is 4.31. The molecule has 0 saturated carbocycles. The smallest absolute Gasteiger partial charge is 0.255 e. The molecule has 0 aliphatic carbocycles. The highest BCUT2D eigenvalue weighted by Crippen LogP contribution is 2.28. The van der Waals surface area contributed by atoms with Crippen molar-refractivity contribution in [2.24, 2.45) is 0 Å². The first-order valence-electron chi connectivity index (χ1n) is 8.33. The Morgan fingerprint density at radius 2 is 1.85 bits per heavy atom. The molecule has 2 heterocycles. The SMILES string of the molecule is Cc1cccn2cc(-c3ccccc3NC(=O)c3ccc(F)c(F)c3)nc12. The van der Waals surface area contributed by atoms with Crippen molar-refractivity contribution in [1.29, 1.82) is 0 Å². The number of fused-ring (bicyclic) bond motifs is 1. The third-order valence-corrected chi connectivity index (χ3v) is 4.31. The molecular formula is C21H15F2N3O. The maximum absolute atomic E-state index is 13.4. The van der Waals surface area contributed by atoms with E-state index < -0.39 is 17.5 Å². The Kier molecular flexibility index (Phi) is 4.16. The normalized spacial score (nSPS) is 10.9. The van der Waals surface area contributed by atoms with Crippen LogP contribution in [-0.4, -0.2) is 15.3 Å². The highest BCUT2D eigenvalue weighted by Gasteiger charge is 2.14. The minimum Gasteiger partial charge on any atom is -0.321 e. The van der Waals surface area contributed by atoms with Crippen molar-refractivity contribution in [1.82, 2.24) is 9.38 Å². The van der Waals surface area contributed by atoms with Crippen molar-refractivity contribution in [3.8, 4) is 11.3 Å². The lowest BCUT2D eigenvalue weighted by Crippen LogP contribution is -2.13. The van der Waals surface area contributed by atoms with Gasteiger partial charge in [0, 0.05) is 23.5 Å². The number of halogens is 2. The lowest BCUT2D eigenvalue weighted by molar-refractivity contribution is 0.102. The fourth-order valence-corrected chi connectivity index (χ4v) is 2.93. The topological polar surface area (TPSA) is 46.4 Å². The van der Waals surface area contributed by atoms with Crippen LogP contribution in [0.5, 0.6) is 0 Å². The summed E-state index contributed by atoms with van der Waals surface area (Å²) < 4.78 is 28.4. The molecule has 2 aromatic carbocycles. The number of benzene rings is 2. The number of hydrogen-bond acceptors (Lipinski definition) is 2. The second-order valence-electron chi connectivity index (χ2n) is 6.18. The fraction of sp³-hybridized carbons (Fsp3) is 0.0476. The number of carbonyl (C=O) groups excluding carboxylic acids is 1. The first-order chi connectivity index (χ1) is 13.0. The molecule has 4 nitrogen and oxygen atoms in total. The zero-order chi connectivity index (χ0) is 19.0. The van der Waals surface area contributed by atoms with Crippen LogP contribution in [0.25, 0.3) is 16.9 Å². The summed E-state index contributed by atoms with van der Waals surface area (Å²) in [6.45, 7) is 1.98. The van der Waals surface area contributed by atoms with E-state index in [-0.39, 0.29) is 5.56 Å². The first kappa shape index (κ1) is 16.9. The molecule has 27 heavy (non-hydrogen) atoms. The van der Waals surface area contributed by atoms with E-state index in [4.69, 9.17) is 0 Å². The van der Waals surface area contributed by atoms with Gasteiger partial charge in [-0.1, -0.05) is 24.3 Å². The molecular weight excluding hydrogens is 348 g/mol. The molecule has 1 amide bonds. The molecule has 0 aliphatic rings. The van der Waals surface area contributed by atoms with E-state index in [0.717, 1.165) is 28.9 Å². The summed E-state index contributed by atoms with van der Waals surface area (Å²) in [5.41, 5.74) is 3.87. The van der Waals surface area contributed by atoms with Gasteiger partial charge in [-0.25, -0.2) is 13.8 Å². The molecule has 2 aromatic heterocycles. The molecule has 6 heteroatoms. The number of nitrogens with one attached hydrogen (secondary N) is 1. The van der Waals surface area contributed by atoms with E-state index in [0.29, 0.717) is 11.4 Å². The molecule has 134 valence electrons. The second-order valence-corrected chi connectivity index (χ2v) is 6.18. The Labute approximate surface area is 154 Å². The number of anilines is 1. The van der Waals surface area contributed by atoms with Crippen molar-refractivity contribution >= 4 is 17.2 Å². The molecule has 0 aliphatic heterocycles. The van der Waals surface area contributed by atoms with E-state index >= 15 is 0 Å². The number of imidazole rings is 1. The van der Waals surface area contributed by atoms with Gasteiger partial charge in [0.1, 0.15) is 5.65 Å². The summed E-state index contributed by atoms with van der Waals surface area (Å²) in [5, 5.41) is 2.75. The molecule has 1 N–H and O–H groups in total. The van der Waals surface area contributed by atoms with Crippen LogP contribution < -0.4 is 5.32 Å². The highest BCUT2D eigenvalue weighted by atomic mass is 19.2.